The van der Waals surface area contributed by atoms with Gasteiger partial charge >= 0.3 is 5.97 Å². The topological polar surface area (TPSA) is 144 Å². The number of rotatable bonds is 8. The molecule has 11 nitrogen and oxygen atoms in total. The average molecular weight is 427 g/mol. The van der Waals surface area contributed by atoms with Crippen molar-refractivity contribution in [1.82, 2.24) is 15.2 Å². The molecule has 1 amide bonds. The van der Waals surface area contributed by atoms with Gasteiger partial charge in [-0.25, -0.2) is 4.98 Å². The average Bonchev–Trinajstić information content (AvgIpc) is 2.75. The maximum absolute atomic E-state index is 12.3. The van der Waals surface area contributed by atoms with E-state index in [1.165, 1.54) is 0 Å². The summed E-state index contributed by atoms with van der Waals surface area (Å²) in [5.41, 5.74) is 6.62. The van der Waals surface area contributed by atoms with Crippen LogP contribution < -0.4 is 21.1 Å². The first-order valence-corrected chi connectivity index (χ1v) is 9.77. The molecule has 2 aromatic rings. The smallest absolute Gasteiger partial charge is 0.325 e. The Bertz CT molecular complexity index is 945. The van der Waals surface area contributed by atoms with Crippen molar-refractivity contribution in [2.24, 2.45) is 10.2 Å². The van der Waals surface area contributed by atoms with E-state index in [-0.39, 0.29) is 30.8 Å². The predicted molar refractivity (Wildman–Crippen MR) is 115 cm³/mol. The first kappa shape index (κ1) is 22.3. The van der Waals surface area contributed by atoms with Crippen molar-refractivity contribution in [1.29, 1.82) is 0 Å². The number of hydrogen-bond donors (Lipinski definition) is 3. The van der Waals surface area contributed by atoms with Crippen LogP contribution in [0.1, 0.15) is 0 Å². The summed E-state index contributed by atoms with van der Waals surface area (Å²) in [4.78, 5) is 30.0. The van der Waals surface area contributed by atoms with E-state index in [1.807, 2.05) is 4.90 Å². The number of nitrogens with zero attached hydrogens (tertiary/aromatic N) is 4. The number of hydrogen-bond acceptors (Lipinski definition) is 10. The van der Waals surface area contributed by atoms with Gasteiger partial charge in [0.15, 0.2) is 11.6 Å². The third-order valence-electron chi connectivity index (χ3n) is 4.32. The van der Waals surface area contributed by atoms with E-state index >= 15 is 0 Å². The minimum atomic E-state index is -0.382. The van der Waals surface area contributed by atoms with E-state index in [2.05, 4.69) is 25.8 Å². The molecule has 0 spiro atoms. The molecule has 31 heavy (non-hydrogen) atoms. The normalized spacial score (nSPS) is 14.5. The molecule has 1 saturated heterocycles. The molecular weight excluding hydrogens is 402 g/mol. The lowest BCUT2D eigenvalue weighted by Crippen LogP contribution is -2.40. The van der Waals surface area contributed by atoms with E-state index in [4.69, 9.17) is 15.2 Å². The summed E-state index contributed by atoms with van der Waals surface area (Å²) in [6, 6.07) is 10.00. The second kappa shape index (κ2) is 11.1. The summed E-state index contributed by atoms with van der Waals surface area (Å²) in [7, 11) is 1.67. The van der Waals surface area contributed by atoms with Crippen molar-refractivity contribution >= 4 is 34.9 Å². The van der Waals surface area contributed by atoms with Gasteiger partial charge in [-0.1, -0.05) is 12.1 Å². The van der Waals surface area contributed by atoms with Crippen molar-refractivity contribution in [3.8, 4) is 5.75 Å². The predicted octanol–water partition coefficient (Wildman–Crippen LogP) is 1.47. The zero-order chi connectivity index (χ0) is 22.1. The van der Waals surface area contributed by atoms with E-state index in [9.17, 15) is 9.59 Å². The highest BCUT2D eigenvalue weighted by molar-refractivity contribution is 5.91. The largest absolute Gasteiger partial charge is 0.423 e. The van der Waals surface area contributed by atoms with Crippen LogP contribution in [0.2, 0.25) is 0 Å². The van der Waals surface area contributed by atoms with Gasteiger partial charge in [-0.15, -0.1) is 10.2 Å². The lowest BCUT2D eigenvalue weighted by Gasteiger charge is -2.25. The van der Waals surface area contributed by atoms with Gasteiger partial charge in [-0.2, -0.15) is 0 Å². The molecule has 0 bridgehead atoms. The summed E-state index contributed by atoms with van der Waals surface area (Å²) in [5, 5.41) is 13.6. The number of ether oxygens (including phenoxy) is 2. The number of esters is 1. The first-order chi connectivity index (χ1) is 15.0. The van der Waals surface area contributed by atoms with Gasteiger partial charge in [0.05, 0.1) is 26.3 Å². The van der Waals surface area contributed by atoms with Gasteiger partial charge < -0.3 is 25.8 Å². The van der Waals surface area contributed by atoms with E-state index in [0.717, 1.165) is 0 Å². The quantitative estimate of drug-likeness (QED) is 0.326. The first-order valence-electron chi connectivity index (χ1n) is 9.77. The molecule has 1 aromatic carbocycles. The fourth-order valence-electron chi connectivity index (χ4n) is 2.80. The number of pyridine rings is 1. The van der Waals surface area contributed by atoms with Crippen LogP contribution in [0.15, 0.2) is 46.6 Å². The Labute approximate surface area is 179 Å². The van der Waals surface area contributed by atoms with Gasteiger partial charge in [-0.05, 0) is 31.3 Å². The van der Waals surface area contributed by atoms with Crippen molar-refractivity contribution in [2.75, 3.05) is 57.5 Å². The van der Waals surface area contributed by atoms with E-state index in [0.29, 0.717) is 49.2 Å². The van der Waals surface area contributed by atoms with Gasteiger partial charge in [0.25, 0.3) is 0 Å². The van der Waals surface area contributed by atoms with E-state index < -0.39 is 0 Å². The molecule has 11 heteroatoms. The highest BCUT2D eigenvalue weighted by Crippen LogP contribution is 2.30. The zero-order valence-electron chi connectivity index (χ0n) is 17.2. The Morgan fingerprint density at radius 2 is 1.90 bits per heavy atom. The van der Waals surface area contributed by atoms with Crippen LogP contribution >= 0.6 is 0 Å². The summed E-state index contributed by atoms with van der Waals surface area (Å²) in [6.07, 6.45) is 0. The Balaban J connectivity index is 1.65. The van der Waals surface area contributed by atoms with Crippen LogP contribution in [0.25, 0.3) is 0 Å². The Kier molecular flexibility index (Phi) is 7.98. The number of benzene rings is 1. The number of nitrogens with one attached hydrogen (secondary N) is 2. The summed E-state index contributed by atoms with van der Waals surface area (Å²) < 4.78 is 10.8. The van der Waals surface area contributed by atoms with Crippen molar-refractivity contribution < 1.29 is 19.1 Å². The molecule has 0 unspecified atom stereocenters. The van der Waals surface area contributed by atoms with Crippen molar-refractivity contribution in [2.45, 2.75) is 0 Å². The third-order valence-corrected chi connectivity index (χ3v) is 4.32. The summed E-state index contributed by atoms with van der Waals surface area (Å²) >= 11 is 0. The minimum Gasteiger partial charge on any atom is -0.423 e. The number of nitrogen functional groups attached to an aromatic ring is 1. The maximum atomic E-state index is 12.3. The third kappa shape index (κ3) is 6.81. The maximum Gasteiger partial charge on any atom is 0.325 e. The molecule has 4 N–H and O–H groups in total. The number of carbonyl (C=O) groups is 2. The Hall–Kier alpha value is -3.41. The Morgan fingerprint density at radius 1 is 1.16 bits per heavy atom. The number of carbonyl (C=O) groups excluding carboxylic acids is 2. The van der Waals surface area contributed by atoms with Gasteiger partial charge in [-0.3, -0.25) is 14.5 Å². The monoisotopic (exact) mass is 427 g/mol. The molecule has 0 aliphatic carbocycles. The molecule has 1 fully saturated rings. The lowest BCUT2D eigenvalue weighted by molar-refractivity contribution is -0.136. The fraction of sp³-hybridized carbons (Fsp3) is 0.350. The number of likely N-dealkylation sites (N-methyl/N-ethyl adjacent to an activating group) is 1. The number of aromatic nitrogens is 1. The van der Waals surface area contributed by atoms with Gasteiger partial charge in [0.1, 0.15) is 17.2 Å². The van der Waals surface area contributed by atoms with Gasteiger partial charge in [0.2, 0.25) is 5.91 Å². The lowest BCUT2D eigenvalue weighted by atomic mass is 10.3. The highest BCUT2D eigenvalue weighted by atomic mass is 16.5. The van der Waals surface area contributed by atoms with Crippen LogP contribution in [-0.2, 0) is 14.3 Å². The van der Waals surface area contributed by atoms with Gasteiger partial charge in [0, 0.05) is 13.1 Å². The van der Waals surface area contributed by atoms with Crippen LogP contribution in [0.3, 0.4) is 0 Å². The summed E-state index contributed by atoms with van der Waals surface area (Å²) in [6.45, 7) is 2.91. The standard InChI is InChI=1S/C20H25N7O4/c1-22-12-18(28)23-17-7-6-15(20(21)24-17)26-25-14-4-2-3-5-16(14)31-19(29)13-27-8-10-30-11-9-27/h2-7,22H,8-13H2,1H3,(H3,21,23,24,28). The number of anilines is 2. The molecule has 164 valence electrons. The molecule has 1 aromatic heterocycles. The van der Waals surface area contributed by atoms with E-state index in [1.54, 1.807) is 43.4 Å². The van der Waals surface area contributed by atoms with Crippen molar-refractivity contribution in [3.05, 3.63) is 36.4 Å². The molecule has 1 aliphatic rings. The second-order valence-corrected chi connectivity index (χ2v) is 6.71. The number of morpholine rings is 1. The summed E-state index contributed by atoms with van der Waals surface area (Å²) in [5.74, 6) is 0.0953. The number of amides is 1. The Morgan fingerprint density at radius 3 is 2.65 bits per heavy atom. The second-order valence-electron chi connectivity index (χ2n) is 6.71. The molecule has 0 radical (unpaired) electrons. The van der Waals surface area contributed by atoms with Crippen LogP contribution in [-0.4, -0.2) is 68.2 Å². The van der Waals surface area contributed by atoms with Crippen LogP contribution in [0.4, 0.5) is 23.0 Å². The molecule has 0 saturated carbocycles. The molecule has 1 aliphatic heterocycles. The number of nitrogens with two attached hydrogens (primary N) is 1. The molecule has 3 rings (SSSR count). The zero-order valence-corrected chi connectivity index (χ0v) is 17.2. The number of para-hydroxylation sites is 1. The SMILES string of the molecule is CNCC(=O)Nc1ccc(N=Nc2ccccc2OC(=O)CN2CCOCC2)c(N)n1. The molecular formula is C20H25N7O4. The van der Waals surface area contributed by atoms with Crippen molar-refractivity contribution in [3.63, 3.8) is 0 Å². The van der Waals surface area contributed by atoms with Crippen LogP contribution in [0, 0.1) is 0 Å². The molecule has 2 heterocycles. The van der Waals surface area contributed by atoms with Crippen LogP contribution in [0.5, 0.6) is 5.75 Å². The minimum absolute atomic E-state index is 0.104. The number of azo groups is 1. The highest BCUT2D eigenvalue weighted by Gasteiger charge is 2.16. The fourth-order valence-corrected chi connectivity index (χ4v) is 2.80. The molecule has 0 atom stereocenters.